The maximum Gasteiger partial charge on any atom is 0.305 e. The van der Waals surface area contributed by atoms with Gasteiger partial charge in [0.15, 0.2) is 0 Å². The number of fused-ring (bicyclic) bond motifs is 1. The SMILES string of the molecule is COC(=O)CCCCC(=O)N1CCN(C(=O)CCCCN=C(N)NS(=O)(=O)c2c(C)c(C)c3c(c2C)CC(C)(C)O3)CC1. The van der Waals surface area contributed by atoms with E-state index in [1.54, 1.807) is 23.6 Å². The van der Waals surface area contributed by atoms with Crippen molar-refractivity contribution < 1.29 is 32.3 Å². The number of nitrogens with two attached hydrogens (primary N) is 1. The van der Waals surface area contributed by atoms with Crippen LogP contribution in [-0.2, 0) is 35.6 Å². The Labute approximate surface area is 255 Å². The first-order valence-electron chi connectivity index (χ1n) is 14.9. The van der Waals surface area contributed by atoms with Gasteiger partial charge in [0.2, 0.25) is 17.8 Å². The number of nitrogens with one attached hydrogen (secondary N) is 1. The molecule has 1 aromatic rings. The molecule has 0 aromatic heterocycles. The summed E-state index contributed by atoms with van der Waals surface area (Å²) in [5.41, 5.74) is 8.52. The molecule has 43 heavy (non-hydrogen) atoms. The molecule has 2 aliphatic rings. The van der Waals surface area contributed by atoms with E-state index in [4.69, 9.17) is 10.5 Å². The number of carbonyl (C=O) groups excluding carboxylic acids is 3. The molecular weight excluding hydrogens is 574 g/mol. The Balaban J connectivity index is 1.41. The van der Waals surface area contributed by atoms with Crippen LogP contribution in [0.2, 0.25) is 0 Å². The van der Waals surface area contributed by atoms with Gasteiger partial charge in [0, 0.05) is 64.0 Å². The van der Waals surface area contributed by atoms with E-state index in [9.17, 15) is 22.8 Å². The zero-order valence-corrected chi connectivity index (χ0v) is 27.2. The van der Waals surface area contributed by atoms with E-state index >= 15 is 0 Å². The van der Waals surface area contributed by atoms with Gasteiger partial charge >= 0.3 is 5.97 Å². The van der Waals surface area contributed by atoms with Crippen LogP contribution >= 0.6 is 0 Å². The number of amides is 2. The summed E-state index contributed by atoms with van der Waals surface area (Å²) in [5, 5.41) is 0. The van der Waals surface area contributed by atoms with Crippen LogP contribution in [-0.4, -0.2) is 87.4 Å². The minimum atomic E-state index is -3.96. The fourth-order valence-corrected chi connectivity index (χ4v) is 7.15. The summed E-state index contributed by atoms with van der Waals surface area (Å²) in [5.74, 6) is 0.358. The Hall–Kier alpha value is -3.35. The van der Waals surface area contributed by atoms with Gasteiger partial charge in [-0.05, 0) is 77.0 Å². The smallest absolute Gasteiger partial charge is 0.305 e. The molecule has 1 saturated heterocycles. The molecule has 0 radical (unpaired) electrons. The van der Waals surface area contributed by atoms with Gasteiger partial charge in [-0.1, -0.05) is 0 Å². The lowest BCUT2D eigenvalue weighted by atomic mass is 9.94. The average molecular weight is 622 g/mol. The number of hydrogen-bond acceptors (Lipinski definition) is 8. The number of benzene rings is 1. The van der Waals surface area contributed by atoms with E-state index in [2.05, 4.69) is 14.5 Å². The average Bonchev–Trinajstić information content (AvgIpc) is 3.29. The number of nitrogens with zero attached hydrogens (tertiary/aromatic N) is 3. The van der Waals surface area contributed by atoms with Gasteiger partial charge in [0.25, 0.3) is 10.0 Å². The van der Waals surface area contributed by atoms with Gasteiger partial charge in [-0.25, -0.2) is 13.1 Å². The van der Waals surface area contributed by atoms with Crippen molar-refractivity contribution >= 4 is 33.8 Å². The highest BCUT2D eigenvalue weighted by Crippen LogP contribution is 2.43. The summed E-state index contributed by atoms with van der Waals surface area (Å²) in [6.07, 6.45) is 4.04. The third kappa shape index (κ3) is 8.84. The van der Waals surface area contributed by atoms with Gasteiger partial charge in [-0.15, -0.1) is 0 Å². The zero-order valence-electron chi connectivity index (χ0n) is 26.4. The Bertz CT molecular complexity index is 1350. The lowest BCUT2D eigenvalue weighted by Crippen LogP contribution is -2.50. The Morgan fingerprint density at radius 1 is 0.907 bits per heavy atom. The maximum atomic E-state index is 13.3. The standard InChI is InChI=1S/C30H47N5O7S/c1-20-21(2)28(22(3)23-19-30(4,5)42-27(20)23)43(39,40)33-29(31)32-14-10-9-12-25(37)35-17-15-34(16-18-35)24(36)11-7-8-13-26(38)41-6/h7-19H2,1-6H3,(H3,31,32,33). The third-order valence-corrected chi connectivity index (χ3v) is 9.74. The molecule has 1 aromatic carbocycles. The molecule has 3 rings (SSSR count). The van der Waals surface area contributed by atoms with Crippen LogP contribution in [0.3, 0.4) is 0 Å². The topological polar surface area (TPSA) is 161 Å². The highest BCUT2D eigenvalue weighted by atomic mass is 32.2. The summed E-state index contributed by atoms with van der Waals surface area (Å²) in [6, 6.07) is 0. The fraction of sp³-hybridized carbons (Fsp3) is 0.667. The van der Waals surface area contributed by atoms with Gasteiger partial charge < -0.3 is 25.0 Å². The number of hydrogen-bond donors (Lipinski definition) is 2. The molecule has 0 atom stereocenters. The lowest BCUT2D eigenvalue weighted by molar-refractivity contribution is -0.141. The summed E-state index contributed by atoms with van der Waals surface area (Å²) >= 11 is 0. The van der Waals surface area contributed by atoms with E-state index in [1.807, 2.05) is 20.8 Å². The van der Waals surface area contributed by atoms with Crippen LogP contribution in [0.5, 0.6) is 5.75 Å². The number of methoxy groups -OCH3 is 1. The number of carbonyl (C=O) groups is 3. The van der Waals surface area contributed by atoms with Crippen molar-refractivity contribution in [2.24, 2.45) is 10.7 Å². The van der Waals surface area contributed by atoms with Crippen LogP contribution in [0.4, 0.5) is 0 Å². The Morgan fingerprint density at radius 2 is 1.44 bits per heavy atom. The molecule has 13 heteroatoms. The third-order valence-electron chi connectivity index (χ3n) is 8.11. The van der Waals surface area contributed by atoms with Crippen molar-refractivity contribution in [3.05, 3.63) is 22.3 Å². The van der Waals surface area contributed by atoms with Crippen molar-refractivity contribution in [2.75, 3.05) is 39.8 Å². The molecule has 2 amide bonds. The molecule has 0 saturated carbocycles. The minimum Gasteiger partial charge on any atom is -0.487 e. The Morgan fingerprint density at radius 3 is 2.00 bits per heavy atom. The first-order chi connectivity index (χ1) is 20.2. The number of unbranched alkanes of at least 4 members (excludes halogenated alkanes) is 2. The minimum absolute atomic E-state index is 0.0212. The quantitative estimate of drug-likeness (QED) is 0.156. The number of ether oxygens (including phenoxy) is 2. The number of esters is 1. The number of guanidine groups is 1. The van der Waals surface area contributed by atoms with Gasteiger partial charge in [0.05, 0.1) is 12.0 Å². The maximum absolute atomic E-state index is 13.3. The molecule has 3 N–H and O–H groups in total. The number of rotatable bonds is 12. The van der Waals surface area contributed by atoms with Gasteiger partial charge in [-0.3, -0.25) is 19.4 Å². The van der Waals surface area contributed by atoms with Crippen molar-refractivity contribution in [3.63, 3.8) is 0 Å². The zero-order chi connectivity index (χ0) is 31.9. The fourth-order valence-electron chi connectivity index (χ4n) is 5.63. The van der Waals surface area contributed by atoms with Crippen molar-refractivity contribution in [1.29, 1.82) is 0 Å². The lowest BCUT2D eigenvalue weighted by Gasteiger charge is -2.35. The van der Waals surface area contributed by atoms with E-state index in [0.29, 0.717) is 88.7 Å². The molecule has 2 aliphatic heterocycles. The van der Waals surface area contributed by atoms with Crippen LogP contribution in [0, 0.1) is 20.8 Å². The van der Waals surface area contributed by atoms with Crippen molar-refractivity contribution in [2.45, 2.75) is 96.5 Å². The molecule has 0 unspecified atom stereocenters. The predicted molar refractivity (Wildman–Crippen MR) is 163 cm³/mol. The first-order valence-corrected chi connectivity index (χ1v) is 16.4. The molecule has 240 valence electrons. The highest BCUT2D eigenvalue weighted by Gasteiger charge is 2.36. The van der Waals surface area contributed by atoms with E-state index in [1.165, 1.54) is 7.11 Å². The second-order valence-electron chi connectivity index (χ2n) is 11.9. The second kappa shape index (κ2) is 14.4. The normalized spacial score (nSPS) is 16.5. The summed E-state index contributed by atoms with van der Waals surface area (Å²) in [7, 11) is -2.62. The molecule has 1 fully saturated rings. The number of aliphatic imine (C=N–C) groups is 1. The molecule has 2 heterocycles. The summed E-state index contributed by atoms with van der Waals surface area (Å²) < 4.78 is 39.7. The monoisotopic (exact) mass is 621 g/mol. The summed E-state index contributed by atoms with van der Waals surface area (Å²) in [4.78, 5) is 44.1. The van der Waals surface area contributed by atoms with Crippen molar-refractivity contribution in [1.82, 2.24) is 14.5 Å². The van der Waals surface area contributed by atoms with E-state index in [-0.39, 0.29) is 35.2 Å². The summed E-state index contributed by atoms with van der Waals surface area (Å²) in [6.45, 7) is 11.6. The molecular formula is C30H47N5O7S. The van der Waals surface area contributed by atoms with Crippen LogP contribution in [0.25, 0.3) is 0 Å². The second-order valence-corrected chi connectivity index (χ2v) is 13.5. The Kier molecular flexibility index (Phi) is 11.4. The predicted octanol–water partition coefficient (Wildman–Crippen LogP) is 2.49. The molecule has 12 nitrogen and oxygen atoms in total. The highest BCUT2D eigenvalue weighted by molar-refractivity contribution is 7.90. The molecule has 0 bridgehead atoms. The van der Waals surface area contributed by atoms with E-state index < -0.39 is 15.6 Å². The largest absolute Gasteiger partial charge is 0.487 e. The molecule has 0 aliphatic carbocycles. The number of piperazine rings is 1. The van der Waals surface area contributed by atoms with Gasteiger partial charge in [-0.2, -0.15) is 0 Å². The van der Waals surface area contributed by atoms with E-state index in [0.717, 1.165) is 16.9 Å². The first kappa shape index (κ1) is 34.1. The van der Waals surface area contributed by atoms with Gasteiger partial charge in [0.1, 0.15) is 11.4 Å². The van der Waals surface area contributed by atoms with Crippen LogP contribution < -0.4 is 15.2 Å². The molecule has 0 spiro atoms. The van der Waals surface area contributed by atoms with Crippen LogP contribution in [0.1, 0.15) is 81.0 Å². The van der Waals surface area contributed by atoms with Crippen molar-refractivity contribution in [3.8, 4) is 5.75 Å². The number of sulfonamides is 1. The van der Waals surface area contributed by atoms with Crippen LogP contribution in [0.15, 0.2) is 9.89 Å².